The molecule has 0 unspecified atom stereocenters. The summed E-state index contributed by atoms with van der Waals surface area (Å²) in [5, 5.41) is -0.673. The Kier molecular flexibility index (Phi) is 3.85. The Labute approximate surface area is 152 Å². The molecule has 4 rings (SSSR count). The maximum Gasteiger partial charge on any atom is 1.00 e. The largest absolute Gasteiger partial charge is 1.00 e. The predicted octanol–water partition coefficient (Wildman–Crippen LogP) is 1.68. The Morgan fingerprint density at radius 3 is 2.22 bits per heavy atom. The van der Waals surface area contributed by atoms with E-state index >= 15 is 0 Å². The summed E-state index contributed by atoms with van der Waals surface area (Å²) in [7, 11) is 0. The van der Waals surface area contributed by atoms with E-state index in [-0.39, 0.29) is 76.1 Å². The van der Waals surface area contributed by atoms with Gasteiger partial charge in [-0.05, 0) is 29.5 Å². The minimum absolute atomic E-state index is 0. The molecule has 6 heteroatoms. The van der Waals surface area contributed by atoms with E-state index in [4.69, 9.17) is 11.6 Å². The van der Waals surface area contributed by atoms with Gasteiger partial charge in [-0.3, -0.25) is 0 Å². The third kappa shape index (κ3) is 1.89. The molecule has 0 saturated heterocycles. The number of hydrogen-bond acceptors (Lipinski definition) is 0. The van der Waals surface area contributed by atoms with Gasteiger partial charge >= 0.3 is 58.4 Å². The van der Waals surface area contributed by atoms with Crippen molar-refractivity contribution in [3.8, 4) is 0 Å². The average Bonchev–Trinajstić information content (AvgIpc) is 2.05. The second kappa shape index (κ2) is 4.50. The summed E-state index contributed by atoms with van der Waals surface area (Å²) in [6.07, 6.45) is 0.806. The van der Waals surface area contributed by atoms with Crippen LogP contribution in [0.1, 0.15) is 30.4 Å². The Hall–Kier alpha value is 1.00. The summed E-state index contributed by atoms with van der Waals surface area (Å²) in [5.74, 6) is 0. The first-order valence-corrected chi connectivity index (χ1v) is 6.13. The molecule has 92 valence electrons. The predicted molar refractivity (Wildman–Crippen MR) is 63.5 cm³/mol. The molecular formula is C12H12BClF3K. The van der Waals surface area contributed by atoms with Crippen LogP contribution < -0.4 is 51.4 Å². The van der Waals surface area contributed by atoms with Crippen LogP contribution >= 0.6 is 11.6 Å². The van der Waals surface area contributed by atoms with Crippen molar-refractivity contribution in [1.29, 1.82) is 0 Å². The van der Waals surface area contributed by atoms with E-state index in [1.807, 2.05) is 19.1 Å². The molecule has 2 bridgehead atoms. The third-order valence-electron chi connectivity index (χ3n) is 4.60. The molecule has 1 aromatic rings. The standard InChI is InChI=1S/C12H12BClF3.K/c1-8-9(3-2-4-10(8)14)11-5-12(6-11,7-11)13(15,16)17;/h2-4H,5-7H2,1H3;/q-1;+1. The fourth-order valence-corrected chi connectivity index (χ4v) is 3.86. The van der Waals surface area contributed by atoms with E-state index < -0.39 is 12.3 Å². The molecule has 0 atom stereocenters. The molecule has 0 radical (unpaired) electrons. The molecule has 0 amide bonds. The fraction of sp³-hybridized carbons (Fsp3) is 0.500. The van der Waals surface area contributed by atoms with Crippen LogP contribution in [-0.2, 0) is 5.41 Å². The molecule has 3 aliphatic rings. The molecule has 3 aliphatic carbocycles. The van der Waals surface area contributed by atoms with Crippen LogP contribution in [0.15, 0.2) is 18.2 Å². The first-order chi connectivity index (χ1) is 7.80. The zero-order valence-electron chi connectivity index (χ0n) is 10.4. The smallest absolute Gasteiger partial charge is 0.449 e. The van der Waals surface area contributed by atoms with Crippen LogP contribution in [0.3, 0.4) is 0 Å². The van der Waals surface area contributed by atoms with Gasteiger partial charge < -0.3 is 12.9 Å². The topological polar surface area (TPSA) is 0 Å². The number of halogens is 4. The van der Waals surface area contributed by atoms with Gasteiger partial charge in [0, 0.05) is 5.02 Å². The summed E-state index contributed by atoms with van der Waals surface area (Å²) >= 11 is 6.02. The van der Waals surface area contributed by atoms with Crippen LogP contribution in [0.4, 0.5) is 12.9 Å². The monoisotopic (exact) mass is 298 g/mol. The molecular weight excluding hydrogens is 286 g/mol. The maximum absolute atomic E-state index is 12.8. The Bertz CT molecular complexity index is 481. The van der Waals surface area contributed by atoms with E-state index in [2.05, 4.69) is 0 Å². The van der Waals surface area contributed by atoms with Crippen molar-refractivity contribution in [2.75, 3.05) is 0 Å². The summed E-state index contributed by atoms with van der Waals surface area (Å²) in [6, 6.07) is 5.54. The van der Waals surface area contributed by atoms with Gasteiger partial charge in [0.2, 0.25) is 0 Å². The van der Waals surface area contributed by atoms with Gasteiger partial charge in [-0.1, -0.05) is 48.3 Å². The number of hydrogen-bond donors (Lipinski definition) is 0. The van der Waals surface area contributed by atoms with E-state index in [0.29, 0.717) is 5.02 Å². The first kappa shape index (κ1) is 15.4. The van der Waals surface area contributed by atoms with Crippen LogP contribution in [0, 0.1) is 6.92 Å². The molecule has 3 saturated carbocycles. The van der Waals surface area contributed by atoms with Crippen molar-refractivity contribution < 1.29 is 64.3 Å². The molecule has 1 aromatic carbocycles. The second-order valence-corrected chi connectivity index (χ2v) is 6.07. The molecule has 0 N–H and O–H groups in total. The number of benzene rings is 1. The third-order valence-corrected chi connectivity index (χ3v) is 5.01. The fourth-order valence-electron chi connectivity index (χ4n) is 3.68. The van der Waals surface area contributed by atoms with Crippen LogP contribution in [0.25, 0.3) is 0 Å². The average molecular weight is 299 g/mol. The molecule has 18 heavy (non-hydrogen) atoms. The minimum Gasteiger partial charge on any atom is -0.449 e. The van der Waals surface area contributed by atoms with Crippen molar-refractivity contribution in [2.24, 2.45) is 0 Å². The van der Waals surface area contributed by atoms with Crippen LogP contribution in [0.2, 0.25) is 10.3 Å². The summed E-state index contributed by atoms with van der Waals surface area (Å²) in [4.78, 5) is 0. The van der Waals surface area contributed by atoms with E-state index in [0.717, 1.165) is 11.1 Å². The van der Waals surface area contributed by atoms with Gasteiger partial charge in [-0.25, -0.2) is 0 Å². The van der Waals surface area contributed by atoms with Crippen molar-refractivity contribution >= 4 is 18.6 Å². The van der Waals surface area contributed by atoms with Crippen molar-refractivity contribution in [1.82, 2.24) is 0 Å². The zero-order chi connectivity index (χ0) is 12.5. The summed E-state index contributed by atoms with van der Waals surface area (Å²) < 4.78 is 38.5. The van der Waals surface area contributed by atoms with Gasteiger partial charge in [0.1, 0.15) is 0 Å². The van der Waals surface area contributed by atoms with Gasteiger partial charge in [0.25, 0.3) is 0 Å². The molecule has 0 aromatic heterocycles. The Morgan fingerprint density at radius 2 is 1.72 bits per heavy atom. The summed E-state index contributed by atoms with van der Waals surface area (Å²) in [6.45, 7) is -2.79. The normalized spacial score (nSPS) is 33.2. The molecule has 0 aliphatic heterocycles. The van der Waals surface area contributed by atoms with Gasteiger partial charge in [0.05, 0.1) is 0 Å². The molecule has 0 nitrogen and oxygen atoms in total. The van der Waals surface area contributed by atoms with E-state index in [9.17, 15) is 12.9 Å². The number of rotatable bonds is 2. The van der Waals surface area contributed by atoms with Gasteiger partial charge in [-0.2, -0.15) is 0 Å². The second-order valence-electron chi connectivity index (χ2n) is 5.66. The van der Waals surface area contributed by atoms with E-state index in [1.54, 1.807) is 6.07 Å². The SMILES string of the molecule is Cc1c(Cl)cccc1C12CC([B-](F)(F)F)(C1)C2.[K+]. The molecule has 3 fully saturated rings. The molecule has 0 heterocycles. The zero-order valence-corrected chi connectivity index (χ0v) is 14.3. The van der Waals surface area contributed by atoms with Gasteiger partial charge in [-0.15, -0.1) is 0 Å². The minimum atomic E-state index is -4.69. The van der Waals surface area contributed by atoms with Crippen LogP contribution in [0.5, 0.6) is 0 Å². The maximum atomic E-state index is 12.8. The van der Waals surface area contributed by atoms with Crippen molar-refractivity contribution in [3.05, 3.63) is 34.3 Å². The Balaban J connectivity index is 0.00000120. The molecule has 0 spiro atoms. The van der Waals surface area contributed by atoms with Gasteiger partial charge in [0.15, 0.2) is 0 Å². The van der Waals surface area contributed by atoms with Crippen LogP contribution in [-0.4, -0.2) is 6.98 Å². The van der Waals surface area contributed by atoms with Crippen molar-refractivity contribution in [3.63, 3.8) is 0 Å². The Morgan fingerprint density at radius 1 is 1.17 bits per heavy atom. The summed E-state index contributed by atoms with van der Waals surface area (Å²) in [5.41, 5.74) is 1.73. The quantitative estimate of drug-likeness (QED) is 0.729. The first-order valence-electron chi connectivity index (χ1n) is 5.75. The van der Waals surface area contributed by atoms with Crippen molar-refractivity contribution in [2.45, 2.75) is 36.9 Å². The van der Waals surface area contributed by atoms with E-state index in [1.165, 1.54) is 0 Å².